The molecular weight excluding hydrogens is 340 g/mol. The van der Waals surface area contributed by atoms with Crippen LogP contribution < -0.4 is 11.5 Å². The zero-order valence-corrected chi connectivity index (χ0v) is 13.9. The Labute approximate surface area is 150 Å². The van der Waals surface area contributed by atoms with E-state index in [4.69, 9.17) is 21.7 Å². The number of hydrogen-bond donors (Lipinski definition) is 4. The molecule has 8 heteroatoms. The maximum Gasteiger partial charge on any atom is 0.303 e. The molecule has 0 aliphatic carbocycles. The lowest BCUT2D eigenvalue weighted by Crippen LogP contribution is -2.09. The molecule has 138 valence electrons. The van der Waals surface area contributed by atoms with Crippen LogP contribution in [0, 0.1) is 0 Å². The normalized spacial score (nSPS) is 8.77. The summed E-state index contributed by atoms with van der Waals surface area (Å²) in [5.41, 5.74) is 11.1. The van der Waals surface area contributed by atoms with Gasteiger partial charge in [0.15, 0.2) is 0 Å². The summed E-state index contributed by atoms with van der Waals surface area (Å²) in [6.45, 7) is 0. The molecule has 2 amide bonds. The fourth-order valence-electron chi connectivity index (χ4n) is 1.42. The Morgan fingerprint density at radius 2 is 0.885 bits per heavy atom. The van der Waals surface area contributed by atoms with Crippen LogP contribution in [-0.2, 0) is 9.59 Å². The van der Waals surface area contributed by atoms with Gasteiger partial charge in [0.2, 0.25) is 11.8 Å². The van der Waals surface area contributed by atoms with Crippen molar-refractivity contribution in [3.05, 3.63) is 71.8 Å². The number of amides is 2. The highest BCUT2D eigenvalue weighted by atomic mass is 16.4. The molecule has 0 fully saturated rings. The molecule has 0 aromatic heterocycles. The van der Waals surface area contributed by atoms with Gasteiger partial charge >= 0.3 is 11.9 Å². The summed E-state index contributed by atoms with van der Waals surface area (Å²) in [6, 6.07) is 17.5. The zero-order valence-electron chi connectivity index (χ0n) is 13.9. The van der Waals surface area contributed by atoms with E-state index >= 15 is 0 Å². The van der Waals surface area contributed by atoms with E-state index in [2.05, 4.69) is 0 Å². The molecule has 2 aromatic carbocycles. The standard InChI is InChI=1S/2C7H7NO.C4H6O4/c2*8-7(9)6-4-2-1-3-5-6;5-3(6)1-2-4(7)8/h2*1-5H,(H2,8,9);1-2H2,(H,5,6)(H,7,8). The van der Waals surface area contributed by atoms with E-state index < -0.39 is 11.9 Å². The number of benzene rings is 2. The first kappa shape index (κ1) is 22.3. The minimum Gasteiger partial charge on any atom is -0.481 e. The average molecular weight is 360 g/mol. The maximum atomic E-state index is 10.4. The highest BCUT2D eigenvalue weighted by Crippen LogP contribution is 1.95. The largest absolute Gasteiger partial charge is 0.481 e. The lowest BCUT2D eigenvalue weighted by Gasteiger charge is -1.89. The minimum atomic E-state index is -1.08. The Kier molecular flexibility index (Phi) is 10.9. The Balaban J connectivity index is 0.000000362. The van der Waals surface area contributed by atoms with Crippen molar-refractivity contribution in [1.82, 2.24) is 0 Å². The molecule has 0 atom stereocenters. The van der Waals surface area contributed by atoms with Gasteiger partial charge in [0.25, 0.3) is 0 Å². The van der Waals surface area contributed by atoms with Gasteiger partial charge in [-0.25, -0.2) is 0 Å². The lowest BCUT2D eigenvalue weighted by atomic mass is 10.2. The van der Waals surface area contributed by atoms with Crippen LogP contribution in [0.5, 0.6) is 0 Å². The van der Waals surface area contributed by atoms with E-state index in [1.165, 1.54) is 0 Å². The molecule has 0 unspecified atom stereocenters. The van der Waals surface area contributed by atoms with Crippen LogP contribution in [0.3, 0.4) is 0 Å². The first-order valence-electron chi connectivity index (χ1n) is 7.37. The Morgan fingerprint density at radius 3 is 1.04 bits per heavy atom. The number of carboxylic acid groups (broad SMARTS) is 2. The summed E-state index contributed by atoms with van der Waals surface area (Å²) in [5, 5.41) is 15.8. The smallest absolute Gasteiger partial charge is 0.303 e. The molecule has 2 aromatic rings. The molecule has 0 saturated heterocycles. The molecule has 0 spiro atoms. The quantitative estimate of drug-likeness (QED) is 0.632. The molecule has 0 heterocycles. The van der Waals surface area contributed by atoms with Gasteiger partial charge in [0.05, 0.1) is 12.8 Å². The van der Waals surface area contributed by atoms with Crippen LogP contribution in [0.4, 0.5) is 0 Å². The summed E-state index contributed by atoms with van der Waals surface area (Å²) in [6.07, 6.45) is -0.593. The molecule has 6 N–H and O–H groups in total. The number of rotatable bonds is 5. The number of aliphatic carboxylic acids is 2. The highest BCUT2D eigenvalue weighted by molar-refractivity contribution is 5.93. The van der Waals surface area contributed by atoms with Crippen molar-refractivity contribution in [2.75, 3.05) is 0 Å². The molecule has 8 nitrogen and oxygen atoms in total. The van der Waals surface area contributed by atoms with Gasteiger partial charge in [-0.2, -0.15) is 0 Å². The average Bonchev–Trinajstić information content (AvgIpc) is 2.62. The number of carbonyl (C=O) groups excluding carboxylic acids is 2. The fourth-order valence-corrected chi connectivity index (χ4v) is 1.42. The summed E-state index contributed by atoms with van der Waals surface area (Å²) < 4.78 is 0. The van der Waals surface area contributed by atoms with E-state index in [1.807, 2.05) is 12.1 Å². The third kappa shape index (κ3) is 11.8. The van der Waals surface area contributed by atoms with Gasteiger partial charge in [0, 0.05) is 11.1 Å². The van der Waals surface area contributed by atoms with Gasteiger partial charge in [-0.1, -0.05) is 36.4 Å². The topological polar surface area (TPSA) is 161 Å². The highest BCUT2D eigenvalue weighted by Gasteiger charge is 2.00. The first-order chi connectivity index (χ1) is 12.2. The molecule has 26 heavy (non-hydrogen) atoms. The van der Waals surface area contributed by atoms with Crippen molar-refractivity contribution in [2.24, 2.45) is 11.5 Å². The monoisotopic (exact) mass is 360 g/mol. The summed E-state index contributed by atoms with van der Waals surface area (Å²) in [4.78, 5) is 40.1. The van der Waals surface area contributed by atoms with Gasteiger partial charge < -0.3 is 21.7 Å². The number of nitrogens with two attached hydrogens (primary N) is 2. The van der Waals surface area contributed by atoms with Crippen LogP contribution in [0.15, 0.2) is 60.7 Å². The molecule has 0 radical (unpaired) electrons. The van der Waals surface area contributed by atoms with Crippen LogP contribution >= 0.6 is 0 Å². The van der Waals surface area contributed by atoms with E-state index in [0.717, 1.165) is 0 Å². The molecule has 0 bridgehead atoms. The van der Waals surface area contributed by atoms with Crippen LogP contribution in [0.1, 0.15) is 33.6 Å². The van der Waals surface area contributed by atoms with Crippen LogP contribution in [0.2, 0.25) is 0 Å². The van der Waals surface area contributed by atoms with E-state index in [9.17, 15) is 19.2 Å². The van der Waals surface area contributed by atoms with E-state index in [-0.39, 0.29) is 24.7 Å². The van der Waals surface area contributed by atoms with Gasteiger partial charge in [-0.05, 0) is 24.3 Å². The lowest BCUT2D eigenvalue weighted by molar-refractivity contribution is -0.143. The zero-order chi connectivity index (χ0) is 19.9. The van der Waals surface area contributed by atoms with Crippen LogP contribution in [-0.4, -0.2) is 34.0 Å². The summed E-state index contributed by atoms with van der Waals surface area (Å²) in [7, 11) is 0. The molecule has 2 rings (SSSR count). The van der Waals surface area contributed by atoms with Crippen molar-refractivity contribution < 1.29 is 29.4 Å². The Bertz CT molecular complexity index is 653. The third-order valence-corrected chi connectivity index (χ3v) is 2.67. The van der Waals surface area contributed by atoms with Gasteiger partial charge in [-0.15, -0.1) is 0 Å². The SMILES string of the molecule is NC(=O)c1ccccc1.NC(=O)c1ccccc1.O=C(O)CCC(=O)O. The third-order valence-electron chi connectivity index (χ3n) is 2.67. The minimum absolute atomic E-state index is 0.296. The first-order valence-corrected chi connectivity index (χ1v) is 7.37. The van der Waals surface area contributed by atoms with E-state index in [0.29, 0.717) is 11.1 Å². The second-order valence-corrected chi connectivity index (χ2v) is 4.75. The van der Waals surface area contributed by atoms with Gasteiger partial charge in [0.1, 0.15) is 0 Å². The van der Waals surface area contributed by atoms with Gasteiger partial charge in [-0.3, -0.25) is 19.2 Å². The van der Waals surface area contributed by atoms with E-state index in [1.54, 1.807) is 48.5 Å². The molecule has 0 saturated carbocycles. The second kappa shape index (κ2) is 12.7. The Hall–Kier alpha value is -3.68. The van der Waals surface area contributed by atoms with Crippen molar-refractivity contribution in [3.63, 3.8) is 0 Å². The molecular formula is C18H20N2O6. The molecule has 0 aliphatic rings. The van der Waals surface area contributed by atoms with Crippen molar-refractivity contribution >= 4 is 23.8 Å². The molecule has 0 aliphatic heterocycles. The van der Waals surface area contributed by atoms with Crippen molar-refractivity contribution in [1.29, 1.82) is 0 Å². The Morgan fingerprint density at radius 1 is 0.615 bits per heavy atom. The number of primary amides is 2. The fraction of sp³-hybridized carbons (Fsp3) is 0.111. The maximum absolute atomic E-state index is 10.4. The second-order valence-electron chi connectivity index (χ2n) is 4.75. The van der Waals surface area contributed by atoms with Crippen LogP contribution in [0.25, 0.3) is 0 Å². The predicted molar refractivity (Wildman–Crippen MR) is 94.4 cm³/mol. The van der Waals surface area contributed by atoms with Crippen molar-refractivity contribution in [3.8, 4) is 0 Å². The predicted octanol–water partition coefficient (Wildman–Crippen LogP) is 1.51. The van der Waals surface area contributed by atoms with Crippen molar-refractivity contribution in [2.45, 2.75) is 12.8 Å². The number of hydrogen-bond acceptors (Lipinski definition) is 4. The summed E-state index contributed by atoms with van der Waals surface area (Å²) in [5.74, 6) is -2.91. The number of carboxylic acids is 2. The summed E-state index contributed by atoms with van der Waals surface area (Å²) >= 11 is 0. The number of carbonyl (C=O) groups is 4.